The van der Waals surface area contributed by atoms with Crippen LogP contribution in [0.3, 0.4) is 0 Å². The first-order valence-corrected chi connectivity index (χ1v) is 14.8. The molecular formula is C36H31F3N7O2+. The zero-order valence-corrected chi connectivity index (χ0v) is 26.3. The Morgan fingerprint density at radius 2 is 1.54 bits per heavy atom. The number of rotatable bonds is 6. The molecular weight excluding hydrogens is 619 g/mol. The van der Waals surface area contributed by atoms with Gasteiger partial charge in [-0.25, -0.2) is 13.9 Å². The van der Waals surface area contributed by atoms with Crippen LogP contribution in [-0.4, -0.2) is 25.1 Å². The van der Waals surface area contributed by atoms with Crippen LogP contribution in [0.2, 0.25) is 0 Å². The minimum atomic E-state index is -4.64. The Kier molecular flexibility index (Phi) is 9.70. The third-order valence-electron chi connectivity index (χ3n) is 7.56. The lowest BCUT2D eigenvalue weighted by atomic mass is 10.1. The van der Waals surface area contributed by atoms with Crippen molar-refractivity contribution in [2.75, 3.05) is 0 Å². The first-order chi connectivity index (χ1) is 23.0. The average Bonchev–Trinajstić information content (AvgIpc) is 3.67. The molecule has 0 spiro atoms. The number of carbonyl (C=O) groups excluding carboxylic acids is 1. The van der Waals surface area contributed by atoms with E-state index < -0.39 is 29.2 Å². The van der Waals surface area contributed by atoms with Gasteiger partial charge in [0.2, 0.25) is 0 Å². The van der Waals surface area contributed by atoms with Crippen LogP contribution in [0.15, 0.2) is 127 Å². The van der Waals surface area contributed by atoms with Crippen LogP contribution in [0, 0.1) is 11.3 Å². The predicted molar refractivity (Wildman–Crippen MR) is 173 cm³/mol. The predicted octanol–water partition coefficient (Wildman–Crippen LogP) is 5.92. The highest BCUT2D eigenvalue weighted by Gasteiger charge is 2.32. The second-order valence-electron chi connectivity index (χ2n) is 10.8. The number of nitriles is 1. The summed E-state index contributed by atoms with van der Waals surface area (Å²) in [5.41, 5.74) is 0.184. The number of benzene rings is 3. The van der Waals surface area contributed by atoms with E-state index in [1.807, 2.05) is 78.6 Å². The molecule has 1 N–H and O–H groups in total. The van der Waals surface area contributed by atoms with Gasteiger partial charge in [-0.15, -0.1) is 0 Å². The standard InChI is InChI=1S/C30H24F3N7O2.C6H6/c1-19(21-12-15-37(2)16-13-21)36-28(41)26-27(25-11-14-35-39(25)23-9-7-20(18-34)8-10-23)38(3)40(29(26)42)24-6-4-5-22(17-24)30(31,32)33;1-2-4-6-5-3-1/h4-17,19H,1-3H3;1-6H/p+1. The maximum Gasteiger partial charge on any atom is 0.416 e. The van der Waals surface area contributed by atoms with E-state index in [-0.39, 0.29) is 16.9 Å². The summed E-state index contributed by atoms with van der Waals surface area (Å²) in [6.45, 7) is 1.77. The van der Waals surface area contributed by atoms with Gasteiger partial charge in [-0.05, 0) is 61.0 Å². The molecule has 3 aromatic carbocycles. The smallest absolute Gasteiger partial charge is 0.345 e. The molecule has 1 atom stereocenters. The van der Waals surface area contributed by atoms with E-state index >= 15 is 0 Å². The highest BCUT2D eigenvalue weighted by molar-refractivity contribution is 6.00. The zero-order chi connectivity index (χ0) is 34.4. The van der Waals surface area contributed by atoms with Crippen molar-refractivity contribution < 1.29 is 22.5 Å². The topological polar surface area (TPSA) is 102 Å². The average molecular weight is 651 g/mol. The van der Waals surface area contributed by atoms with Crippen molar-refractivity contribution in [1.29, 1.82) is 5.26 Å². The van der Waals surface area contributed by atoms with Crippen molar-refractivity contribution in [1.82, 2.24) is 24.5 Å². The zero-order valence-electron chi connectivity index (χ0n) is 26.3. The van der Waals surface area contributed by atoms with E-state index in [4.69, 9.17) is 0 Å². The van der Waals surface area contributed by atoms with Crippen molar-refractivity contribution in [2.45, 2.75) is 19.1 Å². The molecule has 0 radical (unpaired) electrons. The third-order valence-corrected chi connectivity index (χ3v) is 7.56. The fourth-order valence-electron chi connectivity index (χ4n) is 5.11. The number of nitrogens with one attached hydrogen (secondary N) is 1. The molecule has 0 bridgehead atoms. The highest BCUT2D eigenvalue weighted by atomic mass is 19.4. The number of amides is 1. The van der Waals surface area contributed by atoms with Crippen LogP contribution in [-0.2, 0) is 20.3 Å². The molecule has 48 heavy (non-hydrogen) atoms. The van der Waals surface area contributed by atoms with Crippen LogP contribution in [0.4, 0.5) is 13.2 Å². The molecule has 0 aliphatic rings. The minimum absolute atomic E-state index is 0.0642. The van der Waals surface area contributed by atoms with Gasteiger partial charge in [0.25, 0.3) is 11.5 Å². The molecule has 3 heterocycles. The molecule has 0 aliphatic heterocycles. The van der Waals surface area contributed by atoms with Crippen LogP contribution in [0.5, 0.6) is 0 Å². The molecule has 0 saturated carbocycles. The SMILES string of the molecule is CC(NC(=O)c1c(-c2ccnn2-c2ccc(C#N)cc2)n(C)n(-c2cccc(C(F)(F)F)c2)c1=O)c1cc[n+](C)cc1.c1ccccc1. The summed E-state index contributed by atoms with van der Waals surface area (Å²) in [7, 11) is 3.35. The number of pyridine rings is 1. The van der Waals surface area contributed by atoms with Gasteiger partial charge in [-0.1, -0.05) is 42.5 Å². The number of aryl methyl sites for hydroxylation is 1. The second-order valence-corrected chi connectivity index (χ2v) is 10.8. The monoisotopic (exact) mass is 650 g/mol. The van der Waals surface area contributed by atoms with Crippen molar-refractivity contribution >= 4 is 5.91 Å². The summed E-state index contributed by atoms with van der Waals surface area (Å²) >= 11 is 0. The molecule has 6 rings (SSSR count). The quantitative estimate of drug-likeness (QED) is 0.226. The summed E-state index contributed by atoms with van der Waals surface area (Å²) < 4.78 is 46.4. The highest BCUT2D eigenvalue weighted by Crippen LogP contribution is 2.31. The lowest BCUT2D eigenvalue weighted by Crippen LogP contribution is -2.33. The largest absolute Gasteiger partial charge is 0.416 e. The lowest BCUT2D eigenvalue weighted by Gasteiger charge is -2.15. The van der Waals surface area contributed by atoms with Gasteiger partial charge in [0.05, 0.1) is 46.5 Å². The van der Waals surface area contributed by atoms with Gasteiger partial charge in [-0.2, -0.15) is 23.5 Å². The molecule has 242 valence electrons. The van der Waals surface area contributed by atoms with Crippen LogP contribution >= 0.6 is 0 Å². The maximum absolute atomic E-state index is 13.9. The first kappa shape index (κ1) is 33.2. The van der Waals surface area contributed by atoms with Gasteiger partial charge >= 0.3 is 6.18 Å². The Hall–Kier alpha value is -6.22. The maximum atomic E-state index is 13.9. The van der Waals surface area contributed by atoms with Gasteiger partial charge < -0.3 is 5.32 Å². The lowest BCUT2D eigenvalue weighted by molar-refractivity contribution is -0.671. The van der Waals surface area contributed by atoms with E-state index in [9.17, 15) is 28.0 Å². The normalized spacial score (nSPS) is 11.6. The molecule has 0 saturated heterocycles. The number of aromatic nitrogens is 5. The van der Waals surface area contributed by atoms with E-state index in [1.54, 1.807) is 37.3 Å². The summed E-state index contributed by atoms with van der Waals surface area (Å²) in [5.74, 6) is -0.704. The number of nitrogens with zero attached hydrogens (tertiary/aromatic N) is 6. The number of hydrogen-bond donors (Lipinski definition) is 1. The molecule has 1 unspecified atom stereocenters. The van der Waals surface area contributed by atoms with Crippen LogP contribution in [0.25, 0.3) is 22.8 Å². The summed E-state index contributed by atoms with van der Waals surface area (Å²) in [5, 5.41) is 16.4. The van der Waals surface area contributed by atoms with E-state index in [0.29, 0.717) is 16.9 Å². The van der Waals surface area contributed by atoms with E-state index in [1.165, 1.54) is 34.7 Å². The van der Waals surface area contributed by atoms with Gasteiger partial charge in [-0.3, -0.25) is 14.3 Å². The van der Waals surface area contributed by atoms with Crippen molar-refractivity contribution in [3.8, 4) is 28.8 Å². The molecule has 9 nitrogen and oxygen atoms in total. The number of halogens is 3. The summed E-state index contributed by atoms with van der Waals surface area (Å²) in [6, 6.07) is 29.7. The van der Waals surface area contributed by atoms with E-state index in [0.717, 1.165) is 22.4 Å². The number of hydrogen-bond acceptors (Lipinski definition) is 4. The Labute approximate surface area is 274 Å². The Morgan fingerprint density at radius 3 is 2.12 bits per heavy atom. The van der Waals surface area contributed by atoms with Gasteiger partial charge in [0.1, 0.15) is 18.3 Å². The summed E-state index contributed by atoms with van der Waals surface area (Å²) in [4.78, 5) is 27.7. The molecule has 0 fully saturated rings. The van der Waals surface area contributed by atoms with Gasteiger partial charge in [0, 0.05) is 19.2 Å². The Balaban J connectivity index is 0.000000677. The molecule has 1 amide bonds. The van der Waals surface area contributed by atoms with Gasteiger partial charge in [0.15, 0.2) is 12.4 Å². The van der Waals surface area contributed by atoms with Crippen molar-refractivity contribution in [2.24, 2.45) is 14.1 Å². The fraction of sp³-hybridized carbons (Fsp3) is 0.139. The van der Waals surface area contributed by atoms with Crippen molar-refractivity contribution in [3.63, 3.8) is 0 Å². The van der Waals surface area contributed by atoms with Crippen LogP contribution in [0.1, 0.15) is 40.0 Å². The first-order valence-electron chi connectivity index (χ1n) is 14.8. The molecule has 0 aliphatic carbocycles. The Bertz CT molecular complexity index is 2100. The number of carbonyl (C=O) groups is 1. The molecule has 3 aromatic heterocycles. The number of alkyl halides is 3. The van der Waals surface area contributed by atoms with E-state index in [2.05, 4.69) is 10.4 Å². The van der Waals surface area contributed by atoms with Crippen LogP contribution < -0.4 is 15.4 Å². The molecule has 6 aromatic rings. The summed E-state index contributed by atoms with van der Waals surface area (Å²) in [6.07, 6.45) is 0.489. The fourth-order valence-corrected chi connectivity index (χ4v) is 5.11. The second kappa shape index (κ2) is 14.0. The Morgan fingerprint density at radius 1 is 0.917 bits per heavy atom. The molecule has 12 heteroatoms. The minimum Gasteiger partial charge on any atom is -0.345 e. The third kappa shape index (κ3) is 7.10. The van der Waals surface area contributed by atoms with Crippen molar-refractivity contribution in [3.05, 3.63) is 154 Å².